The Labute approximate surface area is 91.5 Å². The highest BCUT2D eigenvalue weighted by Crippen LogP contribution is 2.08. The third-order valence-electron chi connectivity index (χ3n) is 1.58. The number of hydrogen-bond acceptors (Lipinski definition) is 4. The first kappa shape index (κ1) is 14.0. The topological polar surface area (TPSA) is 63.8 Å². The fourth-order valence-electron chi connectivity index (χ4n) is 0.866. The summed E-state index contributed by atoms with van der Waals surface area (Å²) < 4.78 is 0. The van der Waals surface area contributed by atoms with E-state index in [-0.39, 0.29) is 0 Å². The van der Waals surface area contributed by atoms with Gasteiger partial charge >= 0.3 is 0 Å². The fourth-order valence-corrected chi connectivity index (χ4v) is 0.866. The minimum atomic E-state index is -0.574. The summed E-state index contributed by atoms with van der Waals surface area (Å²) >= 11 is 0. The number of aliphatic hydroxyl groups is 1. The number of aliphatic hydroxyl groups excluding tert-OH is 1. The van der Waals surface area contributed by atoms with E-state index < -0.39 is 6.10 Å². The van der Waals surface area contributed by atoms with Crippen molar-refractivity contribution in [1.29, 1.82) is 0 Å². The van der Waals surface area contributed by atoms with E-state index >= 15 is 0 Å². The third-order valence-corrected chi connectivity index (χ3v) is 1.58. The lowest BCUT2D eigenvalue weighted by Gasteiger charge is -1.98. The number of aromatic nitrogens is 4. The van der Waals surface area contributed by atoms with E-state index in [1.165, 1.54) is 11.2 Å². The van der Waals surface area contributed by atoms with Crippen molar-refractivity contribution < 1.29 is 5.11 Å². The predicted molar refractivity (Wildman–Crippen MR) is 59.3 cm³/mol. The molecule has 88 valence electrons. The Morgan fingerprint density at radius 2 is 1.87 bits per heavy atom. The largest absolute Gasteiger partial charge is 0.385 e. The highest BCUT2D eigenvalue weighted by molar-refractivity contribution is 4.82. The number of hydrogen-bond donors (Lipinski definition) is 1. The van der Waals surface area contributed by atoms with Crippen LogP contribution in [0.3, 0.4) is 0 Å². The molecular weight excluding hydrogens is 192 g/mol. The van der Waals surface area contributed by atoms with Gasteiger partial charge in [-0.3, -0.25) is 0 Å². The highest BCUT2D eigenvalue weighted by atomic mass is 16.3. The number of tetrazole rings is 1. The van der Waals surface area contributed by atoms with E-state index in [0.717, 1.165) is 13.0 Å². The zero-order valence-electron chi connectivity index (χ0n) is 10.1. The average molecular weight is 214 g/mol. The zero-order valence-corrected chi connectivity index (χ0v) is 10.1. The van der Waals surface area contributed by atoms with Crippen molar-refractivity contribution in [2.45, 2.75) is 59.6 Å². The van der Waals surface area contributed by atoms with Crippen LogP contribution >= 0.6 is 0 Å². The van der Waals surface area contributed by atoms with Gasteiger partial charge in [0.25, 0.3) is 0 Å². The van der Waals surface area contributed by atoms with Crippen LogP contribution in [0.25, 0.3) is 0 Å². The van der Waals surface area contributed by atoms with E-state index in [2.05, 4.69) is 29.3 Å². The van der Waals surface area contributed by atoms with Crippen molar-refractivity contribution in [3.63, 3.8) is 0 Å². The normalized spacial score (nSPS) is 11.8. The molecule has 1 N–H and O–H groups in total. The first-order chi connectivity index (χ1) is 7.19. The summed E-state index contributed by atoms with van der Waals surface area (Å²) in [6.45, 7) is 8.92. The van der Waals surface area contributed by atoms with E-state index in [1.54, 1.807) is 0 Å². The van der Waals surface area contributed by atoms with E-state index in [0.29, 0.717) is 12.2 Å². The number of rotatable bonds is 4. The lowest BCUT2D eigenvalue weighted by molar-refractivity contribution is 0.163. The van der Waals surface area contributed by atoms with Crippen LogP contribution in [-0.4, -0.2) is 25.3 Å². The second-order valence-corrected chi connectivity index (χ2v) is 3.37. The van der Waals surface area contributed by atoms with Gasteiger partial charge in [0.15, 0.2) is 0 Å². The van der Waals surface area contributed by atoms with E-state index in [1.807, 2.05) is 13.8 Å². The molecular formula is C10H22N4O. The zero-order chi connectivity index (χ0) is 11.7. The van der Waals surface area contributed by atoms with Crippen LogP contribution in [0.15, 0.2) is 0 Å². The lowest BCUT2D eigenvalue weighted by Crippen LogP contribution is -2.03. The first-order valence-corrected chi connectivity index (χ1v) is 5.65. The summed E-state index contributed by atoms with van der Waals surface area (Å²) in [5.74, 6) is 0.422. The van der Waals surface area contributed by atoms with Gasteiger partial charge in [-0.1, -0.05) is 34.1 Å². The molecule has 0 aliphatic heterocycles. The second-order valence-electron chi connectivity index (χ2n) is 3.37. The summed E-state index contributed by atoms with van der Waals surface area (Å²) in [5, 5.41) is 20.9. The van der Waals surface area contributed by atoms with Crippen LogP contribution in [-0.2, 0) is 6.54 Å². The fraction of sp³-hybridized carbons (Fsp3) is 0.900. The lowest BCUT2D eigenvalue weighted by atomic mass is 10.3. The molecule has 0 saturated heterocycles. The average Bonchev–Trinajstić information content (AvgIpc) is 2.67. The molecule has 1 aromatic heterocycles. The summed E-state index contributed by atoms with van der Waals surface area (Å²) in [6, 6.07) is 0. The van der Waals surface area contributed by atoms with Crippen LogP contribution in [0.1, 0.15) is 58.9 Å². The van der Waals surface area contributed by atoms with Crippen molar-refractivity contribution >= 4 is 0 Å². The van der Waals surface area contributed by atoms with Gasteiger partial charge in [0, 0.05) is 0 Å². The molecule has 1 heterocycles. The number of nitrogens with zero attached hydrogens (tertiary/aromatic N) is 4. The van der Waals surface area contributed by atoms with Gasteiger partial charge in [0.05, 0.1) is 6.54 Å². The maximum absolute atomic E-state index is 9.33. The summed E-state index contributed by atoms with van der Waals surface area (Å²) in [7, 11) is 0. The van der Waals surface area contributed by atoms with Gasteiger partial charge in [-0.25, -0.2) is 0 Å². The first-order valence-electron chi connectivity index (χ1n) is 5.65. The number of aryl methyl sites for hydroxylation is 1. The molecule has 0 spiro atoms. The monoisotopic (exact) mass is 214 g/mol. The molecule has 0 aliphatic carbocycles. The van der Waals surface area contributed by atoms with Crippen LogP contribution in [0, 0.1) is 0 Å². The van der Waals surface area contributed by atoms with E-state index in [9.17, 15) is 5.11 Å². The van der Waals surface area contributed by atoms with Crippen molar-refractivity contribution in [2.75, 3.05) is 0 Å². The Morgan fingerprint density at radius 1 is 1.27 bits per heavy atom. The maximum Gasteiger partial charge on any atom is 0.203 e. The Bertz CT molecular complexity index is 249. The van der Waals surface area contributed by atoms with Gasteiger partial charge in [0.1, 0.15) is 6.10 Å². The molecule has 0 radical (unpaired) electrons. The van der Waals surface area contributed by atoms with Crippen molar-refractivity contribution in [3.05, 3.63) is 5.82 Å². The minimum absolute atomic E-state index is 0.422. The molecule has 5 heteroatoms. The highest BCUT2D eigenvalue weighted by Gasteiger charge is 2.10. The smallest absolute Gasteiger partial charge is 0.203 e. The SMILES string of the molecule is CCC.CCCn1nnc(C(O)CC)n1. The van der Waals surface area contributed by atoms with Crippen LogP contribution < -0.4 is 0 Å². The second kappa shape index (κ2) is 8.35. The molecule has 5 nitrogen and oxygen atoms in total. The van der Waals surface area contributed by atoms with E-state index in [4.69, 9.17) is 0 Å². The molecule has 0 saturated carbocycles. The molecule has 0 aliphatic rings. The Kier molecular flexibility index (Phi) is 7.81. The predicted octanol–water partition coefficient (Wildman–Crippen LogP) is 1.94. The van der Waals surface area contributed by atoms with Gasteiger partial charge < -0.3 is 5.11 Å². The summed E-state index contributed by atoms with van der Waals surface area (Å²) in [5.41, 5.74) is 0. The molecule has 1 rings (SSSR count). The molecule has 0 fully saturated rings. The van der Waals surface area contributed by atoms with Gasteiger partial charge in [-0.15, -0.1) is 10.2 Å². The quantitative estimate of drug-likeness (QED) is 0.832. The van der Waals surface area contributed by atoms with Gasteiger partial charge in [-0.05, 0) is 18.1 Å². The maximum atomic E-state index is 9.33. The van der Waals surface area contributed by atoms with Crippen LogP contribution in [0.5, 0.6) is 0 Å². The van der Waals surface area contributed by atoms with Gasteiger partial charge in [0.2, 0.25) is 5.82 Å². The third kappa shape index (κ3) is 5.47. The molecule has 1 aromatic rings. The molecule has 1 unspecified atom stereocenters. The van der Waals surface area contributed by atoms with Crippen LogP contribution in [0.4, 0.5) is 0 Å². The molecule has 15 heavy (non-hydrogen) atoms. The molecule has 0 bridgehead atoms. The molecule has 1 atom stereocenters. The van der Waals surface area contributed by atoms with Crippen LogP contribution in [0.2, 0.25) is 0 Å². The summed E-state index contributed by atoms with van der Waals surface area (Å²) in [4.78, 5) is 1.51. The summed E-state index contributed by atoms with van der Waals surface area (Å²) in [6.07, 6.45) is 2.27. The van der Waals surface area contributed by atoms with Crippen molar-refractivity contribution in [3.8, 4) is 0 Å². The molecule has 0 aromatic carbocycles. The Morgan fingerprint density at radius 3 is 2.33 bits per heavy atom. The Balaban J connectivity index is 0.000000583. The Hall–Kier alpha value is -0.970. The van der Waals surface area contributed by atoms with Crippen molar-refractivity contribution in [1.82, 2.24) is 20.2 Å². The minimum Gasteiger partial charge on any atom is -0.385 e. The molecule has 0 amide bonds. The van der Waals surface area contributed by atoms with Crippen molar-refractivity contribution in [2.24, 2.45) is 0 Å². The van der Waals surface area contributed by atoms with Gasteiger partial charge in [-0.2, -0.15) is 4.80 Å². The standard InChI is InChI=1S/C7H14N4O.C3H8/c1-3-5-11-9-7(8-10-11)6(12)4-2;1-3-2/h6,12H,3-5H2,1-2H3;3H2,1-2H3.